The quantitative estimate of drug-likeness (QED) is 0.295. The molecule has 0 aromatic carbocycles. The molecular formula is C18H34IN5O2S. The molecule has 1 aromatic heterocycles. The van der Waals surface area contributed by atoms with Gasteiger partial charge >= 0.3 is 6.09 Å². The van der Waals surface area contributed by atoms with Gasteiger partial charge in [-0.1, -0.05) is 6.92 Å². The van der Waals surface area contributed by atoms with E-state index in [1.54, 1.807) is 11.3 Å². The summed E-state index contributed by atoms with van der Waals surface area (Å²) in [6, 6.07) is 0. The molecular weight excluding hydrogens is 477 g/mol. The Labute approximate surface area is 184 Å². The first-order chi connectivity index (χ1) is 12.0. The molecule has 27 heavy (non-hydrogen) atoms. The molecule has 0 radical (unpaired) electrons. The fraction of sp³-hybridized carbons (Fsp3) is 0.722. The van der Waals surface area contributed by atoms with Crippen LogP contribution in [0.2, 0.25) is 0 Å². The van der Waals surface area contributed by atoms with Gasteiger partial charge in [-0.2, -0.15) is 0 Å². The standard InChI is InChI=1S/C18H33N5O2S.HI/c1-8-14-22-13(11-26-14)10-20-15(19-9-2)21-12-18(6,7)23-16(24)25-17(3,4)5;/h11H,8-10,12H2,1-7H3,(H,23,24)(H2,19,20,21);1H. The maximum absolute atomic E-state index is 12.0. The van der Waals surface area contributed by atoms with Gasteiger partial charge < -0.3 is 20.7 Å². The number of halogens is 1. The first-order valence-electron chi connectivity index (χ1n) is 9.01. The fourth-order valence-corrected chi connectivity index (χ4v) is 2.75. The van der Waals surface area contributed by atoms with Gasteiger partial charge in [-0.3, -0.25) is 0 Å². The molecule has 0 aliphatic carbocycles. The summed E-state index contributed by atoms with van der Waals surface area (Å²) in [5, 5.41) is 12.5. The average molecular weight is 511 g/mol. The fourth-order valence-electron chi connectivity index (χ4n) is 2.01. The smallest absolute Gasteiger partial charge is 0.408 e. The van der Waals surface area contributed by atoms with Gasteiger partial charge in [0.2, 0.25) is 0 Å². The molecule has 7 nitrogen and oxygen atoms in total. The summed E-state index contributed by atoms with van der Waals surface area (Å²) in [5.74, 6) is 0.692. The van der Waals surface area contributed by atoms with Crippen molar-refractivity contribution in [3.05, 3.63) is 16.1 Å². The van der Waals surface area contributed by atoms with Crippen molar-refractivity contribution in [1.29, 1.82) is 0 Å². The summed E-state index contributed by atoms with van der Waals surface area (Å²) < 4.78 is 5.32. The number of aromatic nitrogens is 1. The number of aryl methyl sites for hydroxylation is 1. The Balaban J connectivity index is 0.00000676. The second kappa shape index (κ2) is 11.7. The molecule has 0 aliphatic rings. The molecule has 0 unspecified atom stereocenters. The number of carbonyl (C=O) groups excluding carboxylic acids is 1. The lowest BCUT2D eigenvalue weighted by Crippen LogP contribution is -2.54. The molecule has 1 heterocycles. The van der Waals surface area contributed by atoms with Crippen molar-refractivity contribution in [2.24, 2.45) is 4.99 Å². The number of hydrogen-bond donors (Lipinski definition) is 3. The second-order valence-corrected chi connectivity index (χ2v) is 8.59. The molecule has 0 fully saturated rings. The number of thiazole rings is 1. The third-order valence-corrected chi connectivity index (χ3v) is 4.22. The highest BCUT2D eigenvalue weighted by molar-refractivity contribution is 14.0. The zero-order chi connectivity index (χ0) is 19.8. The van der Waals surface area contributed by atoms with E-state index in [0.29, 0.717) is 19.0 Å². The normalized spacial score (nSPS) is 12.2. The summed E-state index contributed by atoms with van der Waals surface area (Å²) in [5.41, 5.74) is -0.0428. The highest BCUT2D eigenvalue weighted by Crippen LogP contribution is 2.11. The van der Waals surface area contributed by atoms with Crippen LogP contribution in [-0.2, 0) is 17.7 Å². The number of nitrogens with zero attached hydrogens (tertiary/aromatic N) is 2. The number of guanidine groups is 1. The van der Waals surface area contributed by atoms with Crippen molar-refractivity contribution >= 4 is 47.4 Å². The molecule has 1 aromatic rings. The molecule has 1 amide bonds. The lowest BCUT2D eigenvalue weighted by atomic mass is 10.1. The molecule has 0 spiro atoms. The van der Waals surface area contributed by atoms with Crippen molar-refractivity contribution in [3.8, 4) is 0 Å². The lowest BCUT2D eigenvalue weighted by Gasteiger charge is -2.29. The van der Waals surface area contributed by atoms with Crippen molar-refractivity contribution in [2.45, 2.75) is 72.6 Å². The van der Waals surface area contributed by atoms with E-state index in [-0.39, 0.29) is 24.0 Å². The minimum atomic E-state index is -0.519. The Kier molecular flexibility index (Phi) is 11.2. The third-order valence-electron chi connectivity index (χ3n) is 3.18. The van der Waals surface area contributed by atoms with Crippen molar-refractivity contribution in [2.75, 3.05) is 13.1 Å². The molecule has 0 aliphatic heterocycles. The maximum Gasteiger partial charge on any atom is 0.408 e. The van der Waals surface area contributed by atoms with Gasteiger partial charge in [0, 0.05) is 18.5 Å². The Morgan fingerprint density at radius 2 is 1.89 bits per heavy atom. The van der Waals surface area contributed by atoms with Gasteiger partial charge in [0.15, 0.2) is 5.96 Å². The highest BCUT2D eigenvalue weighted by atomic mass is 127. The molecule has 3 N–H and O–H groups in total. The molecule has 0 bridgehead atoms. The van der Waals surface area contributed by atoms with Crippen LogP contribution in [0.3, 0.4) is 0 Å². The summed E-state index contributed by atoms with van der Waals surface area (Å²) in [4.78, 5) is 21.1. The van der Waals surface area contributed by atoms with Gasteiger partial charge in [0.25, 0.3) is 0 Å². The zero-order valence-electron chi connectivity index (χ0n) is 17.4. The van der Waals surface area contributed by atoms with Crippen LogP contribution >= 0.6 is 35.3 Å². The summed E-state index contributed by atoms with van der Waals surface area (Å²) >= 11 is 1.66. The minimum Gasteiger partial charge on any atom is -0.444 e. The van der Waals surface area contributed by atoms with Crippen LogP contribution in [0.15, 0.2) is 10.4 Å². The van der Waals surface area contributed by atoms with E-state index in [4.69, 9.17) is 4.74 Å². The monoisotopic (exact) mass is 511 g/mol. The van der Waals surface area contributed by atoms with Gasteiger partial charge in [-0.05, 0) is 48.0 Å². The van der Waals surface area contributed by atoms with Gasteiger partial charge in [0.05, 0.1) is 22.8 Å². The summed E-state index contributed by atoms with van der Waals surface area (Å²) in [7, 11) is 0. The van der Waals surface area contributed by atoms with Crippen LogP contribution in [0.1, 0.15) is 59.2 Å². The van der Waals surface area contributed by atoms with E-state index in [0.717, 1.165) is 23.7 Å². The predicted molar refractivity (Wildman–Crippen MR) is 123 cm³/mol. The molecule has 0 atom stereocenters. The summed E-state index contributed by atoms with van der Waals surface area (Å²) in [6.07, 6.45) is 0.512. The van der Waals surface area contributed by atoms with Crippen LogP contribution in [0.5, 0.6) is 0 Å². The van der Waals surface area contributed by atoms with E-state index in [1.165, 1.54) is 0 Å². The van der Waals surface area contributed by atoms with Crippen LogP contribution in [0, 0.1) is 0 Å². The van der Waals surface area contributed by atoms with Gasteiger partial charge in [-0.25, -0.2) is 14.8 Å². The Bertz CT molecular complexity index is 611. The topological polar surface area (TPSA) is 87.6 Å². The number of rotatable bonds is 7. The van der Waals surface area contributed by atoms with Gasteiger partial charge in [0.1, 0.15) is 5.60 Å². The lowest BCUT2D eigenvalue weighted by molar-refractivity contribution is 0.0474. The number of aliphatic imine (C=N–C) groups is 1. The van der Waals surface area contributed by atoms with E-state index >= 15 is 0 Å². The maximum atomic E-state index is 12.0. The molecule has 0 saturated heterocycles. The molecule has 9 heteroatoms. The molecule has 0 saturated carbocycles. The third kappa shape index (κ3) is 11.4. The zero-order valence-corrected chi connectivity index (χ0v) is 20.6. The van der Waals surface area contributed by atoms with Crippen molar-refractivity contribution in [3.63, 3.8) is 0 Å². The van der Waals surface area contributed by atoms with E-state index in [9.17, 15) is 4.79 Å². The van der Waals surface area contributed by atoms with E-state index in [2.05, 4.69) is 32.9 Å². The SMILES string of the molecule is CCNC(=NCc1csc(CC)n1)NCC(C)(C)NC(=O)OC(C)(C)C.I. The predicted octanol–water partition coefficient (Wildman–Crippen LogP) is 3.68. The Hall–Kier alpha value is -1.10. The number of carbonyl (C=O) groups is 1. The van der Waals surface area contributed by atoms with E-state index < -0.39 is 17.2 Å². The molecule has 156 valence electrons. The van der Waals surface area contributed by atoms with Crippen LogP contribution in [-0.4, -0.2) is 41.3 Å². The first kappa shape index (κ1) is 25.9. The average Bonchev–Trinajstić information content (AvgIpc) is 2.95. The molecule has 1 rings (SSSR count). The largest absolute Gasteiger partial charge is 0.444 e. The van der Waals surface area contributed by atoms with Gasteiger partial charge in [-0.15, -0.1) is 35.3 Å². The summed E-state index contributed by atoms with van der Waals surface area (Å²) in [6.45, 7) is 15.3. The van der Waals surface area contributed by atoms with E-state index in [1.807, 2.05) is 46.9 Å². The number of amides is 1. The number of alkyl carbamates (subject to hydrolysis) is 1. The number of nitrogens with one attached hydrogen (secondary N) is 3. The highest BCUT2D eigenvalue weighted by Gasteiger charge is 2.24. The Morgan fingerprint density at radius 3 is 2.41 bits per heavy atom. The van der Waals surface area contributed by atoms with Crippen LogP contribution in [0.4, 0.5) is 4.79 Å². The number of ether oxygens (including phenoxy) is 1. The van der Waals surface area contributed by atoms with Crippen molar-refractivity contribution in [1.82, 2.24) is 20.9 Å². The minimum absolute atomic E-state index is 0. The number of hydrogen-bond acceptors (Lipinski definition) is 5. The van der Waals surface area contributed by atoms with Crippen LogP contribution in [0.25, 0.3) is 0 Å². The Morgan fingerprint density at radius 1 is 1.22 bits per heavy atom. The second-order valence-electron chi connectivity index (χ2n) is 7.65. The first-order valence-corrected chi connectivity index (χ1v) is 9.89. The van der Waals surface area contributed by atoms with Crippen molar-refractivity contribution < 1.29 is 9.53 Å². The van der Waals surface area contributed by atoms with Crippen LogP contribution < -0.4 is 16.0 Å².